The average Bonchev–Trinajstić information content (AvgIpc) is 2.77. The van der Waals surface area contributed by atoms with Crippen LogP contribution in [0, 0.1) is 0 Å². The standard InChI is InChI=1S/C14H17Cl2N3OS/c1-8(9-7-11(15)21-13(9)16)18-12-10(19(2)3)5-6-17-14(12)20-4/h5-8,18H,1-4H3. The summed E-state index contributed by atoms with van der Waals surface area (Å²) in [5.41, 5.74) is 2.78. The molecule has 114 valence electrons. The Morgan fingerprint density at radius 1 is 1.38 bits per heavy atom. The number of methoxy groups -OCH3 is 1. The Balaban J connectivity index is 2.36. The van der Waals surface area contributed by atoms with Gasteiger partial charge in [0.15, 0.2) is 0 Å². The van der Waals surface area contributed by atoms with Crippen LogP contribution in [0.5, 0.6) is 5.88 Å². The lowest BCUT2D eigenvalue weighted by Gasteiger charge is -2.23. The number of ether oxygens (including phenoxy) is 1. The Hall–Kier alpha value is -1.17. The van der Waals surface area contributed by atoms with Crippen LogP contribution in [0.2, 0.25) is 8.67 Å². The summed E-state index contributed by atoms with van der Waals surface area (Å²) in [6, 6.07) is 3.79. The maximum Gasteiger partial charge on any atom is 0.239 e. The molecule has 2 heterocycles. The molecule has 0 aromatic carbocycles. The maximum absolute atomic E-state index is 6.22. The number of aromatic nitrogens is 1. The number of nitrogens with one attached hydrogen (secondary N) is 1. The van der Waals surface area contributed by atoms with E-state index in [1.807, 2.05) is 38.1 Å². The highest BCUT2D eigenvalue weighted by Crippen LogP contribution is 2.39. The van der Waals surface area contributed by atoms with Gasteiger partial charge in [-0.05, 0) is 19.1 Å². The minimum atomic E-state index is -0.0157. The molecular weight excluding hydrogens is 329 g/mol. The zero-order valence-electron chi connectivity index (χ0n) is 12.3. The number of nitrogens with zero attached hydrogens (tertiary/aromatic N) is 2. The molecule has 0 saturated heterocycles. The zero-order chi connectivity index (χ0) is 15.6. The highest BCUT2D eigenvalue weighted by molar-refractivity contribution is 7.20. The van der Waals surface area contributed by atoms with E-state index in [4.69, 9.17) is 27.9 Å². The first kappa shape index (κ1) is 16.2. The third-order valence-electron chi connectivity index (χ3n) is 3.08. The van der Waals surface area contributed by atoms with Crippen LogP contribution in [0.25, 0.3) is 0 Å². The number of rotatable bonds is 5. The van der Waals surface area contributed by atoms with Gasteiger partial charge in [-0.3, -0.25) is 0 Å². The van der Waals surface area contributed by atoms with E-state index in [1.165, 1.54) is 11.3 Å². The van der Waals surface area contributed by atoms with Crippen molar-refractivity contribution in [3.8, 4) is 5.88 Å². The van der Waals surface area contributed by atoms with E-state index in [0.29, 0.717) is 14.6 Å². The normalized spacial score (nSPS) is 12.1. The molecule has 1 N–H and O–H groups in total. The largest absolute Gasteiger partial charge is 0.479 e. The van der Waals surface area contributed by atoms with E-state index in [9.17, 15) is 0 Å². The SMILES string of the molecule is COc1nccc(N(C)C)c1NC(C)c1cc(Cl)sc1Cl. The number of anilines is 2. The van der Waals surface area contributed by atoms with Crippen molar-refractivity contribution in [2.24, 2.45) is 0 Å². The first-order valence-corrected chi connectivity index (χ1v) is 7.92. The molecule has 21 heavy (non-hydrogen) atoms. The van der Waals surface area contributed by atoms with Gasteiger partial charge < -0.3 is 15.0 Å². The van der Waals surface area contributed by atoms with Gasteiger partial charge in [0, 0.05) is 25.9 Å². The lowest BCUT2D eigenvalue weighted by Crippen LogP contribution is -2.15. The summed E-state index contributed by atoms with van der Waals surface area (Å²) in [5.74, 6) is 0.547. The predicted octanol–water partition coefficient (Wildman–Crippen LogP) is 4.70. The highest BCUT2D eigenvalue weighted by Gasteiger charge is 2.18. The second-order valence-corrected chi connectivity index (χ2v) is 7.04. The van der Waals surface area contributed by atoms with Gasteiger partial charge in [-0.2, -0.15) is 0 Å². The van der Waals surface area contributed by atoms with Crippen LogP contribution >= 0.6 is 34.5 Å². The number of hydrogen-bond acceptors (Lipinski definition) is 5. The summed E-state index contributed by atoms with van der Waals surface area (Å²) in [7, 11) is 5.55. The van der Waals surface area contributed by atoms with Crippen LogP contribution in [0.1, 0.15) is 18.5 Å². The van der Waals surface area contributed by atoms with Crippen LogP contribution in [0.4, 0.5) is 11.4 Å². The lowest BCUT2D eigenvalue weighted by molar-refractivity contribution is 0.399. The van der Waals surface area contributed by atoms with E-state index in [-0.39, 0.29) is 6.04 Å². The van der Waals surface area contributed by atoms with Crippen molar-refractivity contribution in [2.45, 2.75) is 13.0 Å². The second-order valence-electron chi connectivity index (χ2n) is 4.75. The van der Waals surface area contributed by atoms with Crippen LogP contribution in [-0.4, -0.2) is 26.2 Å². The Bertz CT molecular complexity index is 631. The van der Waals surface area contributed by atoms with E-state index in [1.54, 1.807) is 13.3 Å². The number of halogens is 2. The molecule has 2 aromatic heterocycles. The van der Waals surface area contributed by atoms with Crippen molar-refractivity contribution in [1.29, 1.82) is 0 Å². The van der Waals surface area contributed by atoms with Crippen LogP contribution in [0.3, 0.4) is 0 Å². The van der Waals surface area contributed by atoms with E-state index >= 15 is 0 Å². The number of pyridine rings is 1. The van der Waals surface area contributed by atoms with Gasteiger partial charge in [-0.25, -0.2) is 4.98 Å². The van der Waals surface area contributed by atoms with Crippen molar-refractivity contribution in [2.75, 3.05) is 31.4 Å². The summed E-state index contributed by atoms with van der Waals surface area (Å²) >= 11 is 13.6. The van der Waals surface area contributed by atoms with Gasteiger partial charge >= 0.3 is 0 Å². The highest BCUT2D eigenvalue weighted by atomic mass is 35.5. The molecule has 0 aliphatic rings. The molecule has 1 atom stereocenters. The molecule has 0 amide bonds. The van der Waals surface area contributed by atoms with Crippen molar-refractivity contribution in [1.82, 2.24) is 4.98 Å². The third-order valence-corrected chi connectivity index (χ3v) is 4.60. The first-order valence-electron chi connectivity index (χ1n) is 6.35. The van der Waals surface area contributed by atoms with Gasteiger partial charge in [0.1, 0.15) is 5.69 Å². The molecule has 0 radical (unpaired) electrons. The Morgan fingerprint density at radius 3 is 2.62 bits per heavy atom. The molecule has 0 aliphatic carbocycles. The minimum Gasteiger partial charge on any atom is -0.479 e. The summed E-state index contributed by atoms with van der Waals surface area (Å²) < 4.78 is 6.72. The van der Waals surface area contributed by atoms with Crippen molar-refractivity contribution in [3.63, 3.8) is 0 Å². The molecular formula is C14H17Cl2N3OS. The number of hydrogen-bond donors (Lipinski definition) is 1. The summed E-state index contributed by atoms with van der Waals surface area (Å²) in [4.78, 5) is 6.25. The van der Waals surface area contributed by atoms with E-state index < -0.39 is 0 Å². The molecule has 2 rings (SSSR count). The van der Waals surface area contributed by atoms with E-state index in [0.717, 1.165) is 16.9 Å². The quantitative estimate of drug-likeness (QED) is 0.852. The monoisotopic (exact) mass is 345 g/mol. The second kappa shape index (κ2) is 6.73. The van der Waals surface area contributed by atoms with Gasteiger partial charge in [0.25, 0.3) is 0 Å². The molecule has 0 spiro atoms. The fraction of sp³-hybridized carbons (Fsp3) is 0.357. The minimum absolute atomic E-state index is 0.0157. The Labute approximate surface area is 138 Å². The van der Waals surface area contributed by atoms with Crippen LogP contribution < -0.4 is 15.0 Å². The topological polar surface area (TPSA) is 37.4 Å². The fourth-order valence-corrected chi connectivity index (χ4v) is 3.68. The van der Waals surface area contributed by atoms with Crippen LogP contribution in [0.15, 0.2) is 18.3 Å². The van der Waals surface area contributed by atoms with Gasteiger partial charge in [-0.1, -0.05) is 23.2 Å². The van der Waals surface area contributed by atoms with E-state index in [2.05, 4.69) is 10.3 Å². The number of thiophene rings is 1. The predicted molar refractivity (Wildman–Crippen MR) is 91.5 cm³/mol. The molecule has 0 saturated carbocycles. The summed E-state index contributed by atoms with van der Waals surface area (Å²) in [6.07, 6.45) is 1.72. The van der Waals surface area contributed by atoms with Gasteiger partial charge in [0.2, 0.25) is 5.88 Å². The molecule has 7 heteroatoms. The fourth-order valence-electron chi connectivity index (χ4n) is 2.04. The third kappa shape index (κ3) is 3.54. The average molecular weight is 346 g/mol. The van der Waals surface area contributed by atoms with Crippen molar-refractivity contribution in [3.05, 3.63) is 32.6 Å². The Morgan fingerprint density at radius 2 is 2.10 bits per heavy atom. The van der Waals surface area contributed by atoms with Gasteiger partial charge in [-0.15, -0.1) is 11.3 Å². The molecule has 0 fully saturated rings. The van der Waals surface area contributed by atoms with Gasteiger partial charge in [0.05, 0.1) is 27.5 Å². The van der Waals surface area contributed by atoms with Crippen molar-refractivity contribution >= 4 is 45.9 Å². The Kier molecular flexibility index (Phi) is 5.19. The van der Waals surface area contributed by atoms with Crippen LogP contribution in [-0.2, 0) is 0 Å². The first-order chi connectivity index (χ1) is 9.93. The summed E-state index contributed by atoms with van der Waals surface area (Å²) in [6.45, 7) is 2.02. The molecule has 0 bridgehead atoms. The lowest BCUT2D eigenvalue weighted by atomic mass is 10.1. The zero-order valence-corrected chi connectivity index (χ0v) is 14.6. The molecule has 4 nitrogen and oxygen atoms in total. The summed E-state index contributed by atoms with van der Waals surface area (Å²) in [5, 5.41) is 3.42. The molecule has 2 aromatic rings. The maximum atomic E-state index is 6.22. The van der Waals surface area contributed by atoms with Crippen molar-refractivity contribution < 1.29 is 4.74 Å². The molecule has 1 unspecified atom stereocenters. The molecule has 0 aliphatic heterocycles. The smallest absolute Gasteiger partial charge is 0.239 e.